The summed E-state index contributed by atoms with van der Waals surface area (Å²) < 4.78 is 27.5. The van der Waals surface area contributed by atoms with E-state index in [1.54, 1.807) is 42.5 Å². The molecule has 0 bridgehead atoms. The highest BCUT2D eigenvalue weighted by Gasteiger charge is 2.14. The first-order valence-corrected chi connectivity index (χ1v) is 10.5. The second-order valence-electron chi connectivity index (χ2n) is 6.51. The third kappa shape index (κ3) is 4.28. The van der Waals surface area contributed by atoms with Crippen molar-refractivity contribution in [3.8, 4) is 0 Å². The Bertz CT molecular complexity index is 1270. The van der Waals surface area contributed by atoms with Gasteiger partial charge in [-0.1, -0.05) is 48.5 Å². The Balaban J connectivity index is 1.49. The van der Waals surface area contributed by atoms with Crippen LogP contribution in [-0.4, -0.2) is 14.3 Å². The molecule has 0 heterocycles. The quantitative estimate of drug-likeness (QED) is 0.499. The third-order valence-electron chi connectivity index (χ3n) is 4.46. The van der Waals surface area contributed by atoms with Crippen LogP contribution in [0.4, 0.5) is 11.4 Å². The smallest absolute Gasteiger partial charge is 0.261 e. The van der Waals surface area contributed by atoms with E-state index in [1.165, 1.54) is 12.1 Å². The average molecular weight is 402 g/mol. The van der Waals surface area contributed by atoms with Gasteiger partial charge in [0.15, 0.2) is 0 Å². The summed E-state index contributed by atoms with van der Waals surface area (Å²) in [6, 6.07) is 28.0. The molecule has 0 aromatic heterocycles. The zero-order chi connectivity index (χ0) is 20.3. The largest absolute Gasteiger partial charge is 0.322 e. The van der Waals surface area contributed by atoms with Crippen molar-refractivity contribution in [3.63, 3.8) is 0 Å². The predicted molar refractivity (Wildman–Crippen MR) is 116 cm³/mol. The molecule has 0 radical (unpaired) electrons. The van der Waals surface area contributed by atoms with Crippen LogP contribution in [0.3, 0.4) is 0 Å². The minimum atomic E-state index is -3.70. The Morgan fingerprint density at radius 1 is 0.655 bits per heavy atom. The molecule has 4 rings (SSSR count). The number of sulfonamides is 1. The summed E-state index contributed by atoms with van der Waals surface area (Å²) in [5.74, 6) is -0.256. The van der Waals surface area contributed by atoms with Gasteiger partial charge in [0.05, 0.1) is 4.90 Å². The van der Waals surface area contributed by atoms with Crippen LogP contribution < -0.4 is 10.0 Å². The molecular formula is C23H18N2O3S. The molecule has 0 saturated carbocycles. The van der Waals surface area contributed by atoms with E-state index < -0.39 is 10.0 Å². The summed E-state index contributed by atoms with van der Waals surface area (Å²) in [6.07, 6.45) is 0. The van der Waals surface area contributed by atoms with Gasteiger partial charge in [-0.15, -0.1) is 0 Å². The minimum absolute atomic E-state index is 0.116. The number of benzene rings is 4. The molecule has 0 unspecified atom stereocenters. The molecule has 4 aromatic rings. The first kappa shape index (κ1) is 18.7. The number of fused-ring (bicyclic) bond motifs is 1. The first-order chi connectivity index (χ1) is 14.0. The fourth-order valence-electron chi connectivity index (χ4n) is 2.97. The maximum absolute atomic E-state index is 12.5. The van der Waals surface area contributed by atoms with E-state index in [2.05, 4.69) is 10.0 Å². The van der Waals surface area contributed by atoms with Crippen molar-refractivity contribution in [2.45, 2.75) is 4.90 Å². The topological polar surface area (TPSA) is 75.3 Å². The van der Waals surface area contributed by atoms with Gasteiger partial charge in [0, 0.05) is 16.9 Å². The maximum atomic E-state index is 12.5. The highest BCUT2D eigenvalue weighted by Crippen LogP contribution is 2.20. The molecule has 4 aromatic carbocycles. The maximum Gasteiger partial charge on any atom is 0.261 e. The lowest BCUT2D eigenvalue weighted by Crippen LogP contribution is -2.14. The van der Waals surface area contributed by atoms with Crippen molar-refractivity contribution in [2.24, 2.45) is 0 Å². The molecule has 0 aliphatic carbocycles. The lowest BCUT2D eigenvalue weighted by atomic mass is 10.1. The molecule has 5 nitrogen and oxygen atoms in total. The minimum Gasteiger partial charge on any atom is -0.322 e. The molecule has 1 amide bonds. The number of para-hydroxylation sites is 1. The van der Waals surface area contributed by atoms with Crippen LogP contribution in [0.2, 0.25) is 0 Å². The zero-order valence-corrected chi connectivity index (χ0v) is 16.2. The standard InChI is InChI=1S/C23H18N2O3S/c26-23(19-11-10-17-6-4-5-7-18(17)16-19)24-20-12-14-22(15-13-20)29(27,28)25-21-8-2-1-3-9-21/h1-16,25H,(H,24,26). The molecular weight excluding hydrogens is 384 g/mol. The second-order valence-corrected chi connectivity index (χ2v) is 8.19. The summed E-state index contributed by atoms with van der Waals surface area (Å²) in [7, 11) is -3.70. The fourth-order valence-corrected chi connectivity index (χ4v) is 4.03. The van der Waals surface area contributed by atoms with Crippen molar-refractivity contribution in [2.75, 3.05) is 10.0 Å². The molecule has 144 valence electrons. The molecule has 2 N–H and O–H groups in total. The van der Waals surface area contributed by atoms with E-state index in [9.17, 15) is 13.2 Å². The van der Waals surface area contributed by atoms with Crippen molar-refractivity contribution in [1.29, 1.82) is 0 Å². The van der Waals surface area contributed by atoms with Gasteiger partial charge in [0.25, 0.3) is 15.9 Å². The van der Waals surface area contributed by atoms with Crippen molar-refractivity contribution >= 4 is 38.1 Å². The monoisotopic (exact) mass is 402 g/mol. The number of anilines is 2. The van der Waals surface area contributed by atoms with Gasteiger partial charge < -0.3 is 5.32 Å². The number of carbonyl (C=O) groups is 1. The van der Waals surface area contributed by atoms with Crippen molar-refractivity contribution in [1.82, 2.24) is 0 Å². The SMILES string of the molecule is O=C(Nc1ccc(S(=O)(=O)Nc2ccccc2)cc1)c1ccc2ccccc2c1. The van der Waals surface area contributed by atoms with Gasteiger partial charge in [0.1, 0.15) is 0 Å². The van der Waals surface area contributed by atoms with Gasteiger partial charge in [0.2, 0.25) is 0 Å². The van der Waals surface area contributed by atoms with Crippen molar-refractivity contribution < 1.29 is 13.2 Å². The van der Waals surface area contributed by atoms with Crippen LogP contribution in [0.15, 0.2) is 102 Å². The molecule has 0 aliphatic rings. The summed E-state index contributed by atoms with van der Waals surface area (Å²) in [5.41, 5.74) is 1.54. The Labute approximate surface area is 169 Å². The van der Waals surface area contributed by atoms with E-state index in [0.717, 1.165) is 10.8 Å². The Hall–Kier alpha value is -3.64. The molecule has 0 saturated heterocycles. The van der Waals surface area contributed by atoms with E-state index in [-0.39, 0.29) is 10.8 Å². The van der Waals surface area contributed by atoms with Crippen LogP contribution in [-0.2, 0) is 10.0 Å². The first-order valence-electron chi connectivity index (χ1n) is 8.99. The van der Waals surface area contributed by atoms with Crippen LogP contribution in [0, 0.1) is 0 Å². The van der Waals surface area contributed by atoms with Gasteiger partial charge in [-0.2, -0.15) is 0 Å². The average Bonchev–Trinajstić information content (AvgIpc) is 2.74. The normalized spacial score (nSPS) is 11.2. The number of rotatable bonds is 5. The van der Waals surface area contributed by atoms with Crippen LogP contribution in [0.5, 0.6) is 0 Å². The zero-order valence-electron chi connectivity index (χ0n) is 15.4. The van der Waals surface area contributed by atoms with Crippen LogP contribution in [0.1, 0.15) is 10.4 Å². The van der Waals surface area contributed by atoms with E-state index >= 15 is 0 Å². The van der Waals surface area contributed by atoms with E-state index in [0.29, 0.717) is 16.9 Å². The van der Waals surface area contributed by atoms with Gasteiger partial charge in [-0.25, -0.2) is 8.42 Å². The molecule has 6 heteroatoms. The Kier molecular flexibility index (Phi) is 5.01. The summed E-state index contributed by atoms with van der Waals surface area (Å²) in [5, 5.41) is 4.84. The molecule has 0 aliphatic heterocycles. The van der Waals surface area contributed by atoms with Crippen molar-refractivity contribution in [3.05, 3.63) is 103 Å². The second kappa shape index (κ2) is 7.77. The molecule has 0 spiro atoms. The summed E-state index contributed by atoms with van der Waals surface area (Å²) >= 11 is 0. The lowest BCUT2D eigenvalue weighted by Gasteiger charge is -2.10. The fraction of sp³-hybridized carbons (Fsp3) is 0. The van der Waals surface area contributed by atoms with Gasteiger partial charge >= 0.3 is 0 Å². The molecule has 0 fully saturated rings. The highest BCUT2D eigenvalue weighted by molar-refractivity contribution is 7.92. The summed E-state index contributed by atoms with van der Waals surface area (Å²) in [6.45, 7) is 0. The van der Waals surface area contributed by atoms with Crippen LogP contribution >= 0.6 is 0 Å². The summed E-state index contributed by atoms with van der Waals surface area (Å²) in [4.78, 5) is 12.7. The number of hydrogen-bond acceptors (Lipinski definition) is 3. The number of carbonyl (C=O) groups excluding carboxylic acids is 1. The third-order valence-corrected chi connectivity index (χ3v) is 5.86. The predicted octanol–water partition coefficient (Wildman–Crippen LogP) is 4.89. The number of amides is 1. The Morgan fingerprint density at radius 3 is 2.03 bits per heavy atom. The van der Waals surface area contributed by atoms with Gasteiger partial charge in [-0.05, 0) is 59.3 Å². The van der Waals surface area contributed by atoms with Crippen LogP contribution in [0.25, 0.3) is 10.8 Å². The number of nitrogens with one attached hydrogen (secondary N) is 2. The Morgan fingerprint density at radius 2 is 1.31 bits per heavy atom. The number of hydrogen-bond donors (Lipinski definition) is 2. The lowest BCUT2D eigenvalue weighted by molar-refractivity contribution is 0.102. The van der Waals surface area contributed by atoms with Gasteiger partial charge in [-0.3, -0.25) is 9.52 Å². The molecule has 29 heavy (non-hydrogen) atoms. The highest BCUT2D eigenvalue weighted by atomic mass is 32.2. The van der Waals surface area contributed by atoms with E-state index in [1.807, 2.05) is 42.5 Å². The van der Waals surface area contributed by atoms with E-state index in [4.69, 9.17) is 0 Å². The molecule has 0 atom stereocenters.